The smallest absolute Gasteiger partial charge is 0.450 e. The molecule has 0 aliphatic carbocycles. The van der Waals surface area contributed by atoms with Gasteiger partial charge in [-0.25, -0.2) is 4.79 Å². The highest BCUT2D eigenvalue weighted by molar-refractivity contribution is 5.57. The van der Waals surface area contributed by atoms with Crippen molar-refractivity contribution in [3.63, 3.8) is 0 Å². The van der Waals surface area contributed by atoms with E-state index in [0.717, 1.165) is 0 Å². The molecular formula is C8H8O4. The van der Waals surface area contributed by atoms with Gasteiger partial charge in [-0.1, -0.05) is 30.3 Å². The molecule has 2 N–H and O–H groups in total. The van der Waals surface area contributed by atoms with Gasteiger partial charge in [0, 0.05) is 5.56 Å². The number of hydrogen-bond acceptors (Lipinski definition) is 3. The van der Waals surface area contributed by atoms with Crippen molar-refractivity contribution in [3.8, 4) is 0 Å². The molecule has 0 aliphatic rings. The molecule has 1 unspecified atom stereocenters. The Morgan fingerprint density at radius 3 is 2.42 bits per heavy atom. The van der Waals surface area contributed by atoms with Crippen LogP contribution in [0, 0.1) is 0 Å². The Morgan fingerprint density at radius 2 is 1.92 bits per heavy atom. The average molecular weight is 168 g/mol. The summed E-state index contributed by atoms with van der Waals surface area (Å²) in [6.45, 7) is 0. The molecule has 0 amide bonds. The first kappa shape index (κ1) is 8.55. The van der Waals surface area contributed by atoms with E-state index in [1.165, 1.54) is 0 Å². The lowest BCUT2D eigenvalue weighted by Crippen LogP contribution is -2.07. The van der Waals surface area contributed by atoms with E-state index in [0.29, 0.717) is 5.56 Å². The van der Waals surface area contributed by atoms with Crippen molar-refractivity contribution in [2.45, 2.75) is 6.29 Å². The van der Waals surface area contributed by atoms with Crippen LogP contribution >= 0.6 is 0 Å². The predicted molar refractivity (Wildman–Crippen MR) is 40.5 cm³/mol. The zero-order chi connectivity index (χ0) is 8.97. The fraction of sp³-hybridized carbons (Fsp3) is 0.125. The SMILES string of the molecule is O=C(O)OC(O)c1ccccc1. The number of aliphatic hydroxyl groups is 1. The molecule has 4 nitrogen and oxygen atoms in total. The number of carbonyl (C=O) groups is 1. The van der Waals surface area contributed by atoms with Crippen LogP contribution < -0.4 is 0 Å². The van der Waals surface area contributed by atoms with Gasteiger partial charge in [-0.3, -0.25) is 0 Å². The number of aliphatic hydroxyl groups excluding tert-OH is 1. The molecule has 1 aromatic carbocycles. The van der Waals surface area contributed by atoms with E-state index in [2.05, 4.69) is 4.74 Å². The minimum absolute atomic E-state index is 0.417. The second-order valence-corrected chi connectivity index (χ2v) is 2.15. The highest BCUT2D eigenvalue weighted by atomic mass is 16.7. The monoisotopic (exact) mass is 168 g/mol. The number of benzene rings is 1. The number of carboxylic acid groups (broad SMARTS) is 1. The molecule has 1 aromatic rings. The van der Waals surface area contributed by atoms with Crippen molar-refractivity contribution >= 4 is 6.16 Å². The third-order valence-electron chi connectivity index (χ3n) is 1.30. The molecule has 0 aromatic heterocycles. The second kappa shape index (κ2) is 3.73. The summed E-state index contributed by atoms with van der Waals surface area (Å²) in [5.41, 5.74) is 0.417. The number of hydrogen-bond donors (Lipinski definition) is 2. The first-order chi connectivity index (χ1) is 5.70. The van der Waals surface area contributed by atoms with E-state index >= 15 is 0 Å². The third kappa shape index (κ3) is 2.25. The van der Waals surface area contributed by atoms with Crippen LogP contribution in [0.3, 0.4) is 0 Å². The second-order valence-electron chi connectivity index (χ2n) is 2.15. The molecule has 64 valence electrons. The molecule has 0 radical (unpaired) electrons. The van der Waals surface area contributed by atoms with Crippen molar-refractivity contribution < 1.29 is 19.7 Å². The van der Waals surface area contributed by atoms with E-state index < -0.39 is 12.4 Å². The van der Waals surface area contributed by atoms with E-state index in [4.69, 9.17) is 10.2 Å². The molecule has 0 bridgehead atoms. The Hall–Kier alpha value is -1.55. The molecule has 0 spiro atoms. The summed E-state index contributed by atoms with van der Waals surface area (Å²) in [5.74, 6) is 0. The molecule has 0 saturated heterocycles. The Labute approximate surface area is 69.0 Å². The van der Waals surface area contributed by atoms with Gasteiger partial charge in [-0.05, 0) is 0 Å². The fourth-order valence-corrected chi connectivity index (χ4v) is 0.781. The van der Waals surface area contributed by atoms with Gasteiger partial charge in [0.15, 0.2) is 0 Å². The number of ether oxygens (including phenoxy) is 1. The van der Waals surface area contributed by atoms with E-state index in [1.807, 2.05) is 0 Å². The molecule has 0 heterocycles. The molecule has 1 atom stereocenters. The van der Waals surface area contributed by atoms with E-state index in [-0.39, 0.29) is 0 Å². The molecule has 12 heavy (non-hydrogen) atoms. The van der Waals surface area contributed by atoms with Gasteiger partial charge in [0.05, 0.1) is 0 Å². The average Bonchev–Trinajstić information content (AvgIpc) is 2.05. The lowest BCUT2D eigenvalue weighted by Gasteiger charge is -2.08. The van der Waals surface area contributed by atoms with Gasteiger partial charge in [0.2, 0.25) is 6.29 Å². The van der Waals surface area contributed by atoms with Crippen molar-refractivity contribution in [2.24, 2.45) is 0 Å². The summed E-state index contributed by atoms with van der Waals surface area (Å²) in [6.07, 6.45) is -2.89. The summed E-state index contributed by atoms with van der Waals surface area (Å²) < 4.78 is 4.11. The molecule has 1 rings (SSSR count). The van der Waals surface area contributed by atoms with Crippen LogP contribution in [0.1, 0.15) is 11.9 Å². The van der Waals surface area contributed by atoms with Crippen LogP contribution in [-0.2, 0) is 4.74 Å². The number of rotatable bonds is 2. The maximum absolute atomic E-state index is 10.0. The highest BCUT2D eigenvalue weighted by Crippen LogP contribution is 2.12. The van der Waals surface area contributed by atoms with Crippen molar-refractivity contribution in [1.82, 2.24) is 0 Å². The maximum Gasteiger partial charge on any atom is 0.508 e. The Kier molecular flexibility index (Phi) is 2.66. The normalized spacial score (nSPS) is 12.1. The minimum Gasteiger partial charge on any atom is -0.450 e. The lowest BCUT2D eigenvalue weighted by molar-refractivity contribution is -0.0732. The summed E-state index contributed by atoms with van der Waals surface area (Å²) >= 11 is 0. The quantitative estimate of drug-likeness (QED) is 0.517. The fourth-order valence-electron chi connectivity index (χ4n) is 0.781. The van der Waals surface area contributed by atoms with Crippen LogP contribution in [0.4, 0.5) is 4.79 Å². The van der Waals surface area contributed by atoms with Gasteiger partial charge in [0.25, 0.3) is 0 Å². The first-order valence-electron chi connectivity index (χ1n) is 3.33. The zero-order valence-electron chi connectivity index (χ0n) is 6.18. The predicted octanol–water partition coefficient (Wildman–Crippen LogP) is 1.37. The first-order valence-corrected chi connectivity index (χ1v) is 3.33. The summed E-state index contributed by atoms with van der Waals surface area (Å²) in [7, 11) is 0. The maximum atomic E-state index is 10.0. The van der Waals surface area contributed by atoms with Crippen LogP contribution in [-0.4, -0.2) is 16.4 Å². The molecule has 0 saturated carbocycles. The van der Waals surface area contributed by atoms with E-state index in [1.54, 1.807) is 30.3 Å². The van der Waals surface area contributed by atoms with Crippen LogP contribution in [0.2, 0.25) is 0 Å². The zero-order valence-corrected chi connectivity index (χ0v) is 6.18. The van der Waals surface area contributed by atoms with Crippen molar-refractivity contribution in [1.29, 1.82) is 0 Å². The summed E-state index contributed by atoms with van der Waals surface area (Å²) in [5, 5.41) is 17.3. The lowest BCUT2D eigenvalue weighted by atomic mass is 10.2. The molecule has 0 aliphatic heterocycles. The third-order valence-corrected chi connectivity index (χ3v) is 1.30. The van der Waals surface area contributed by atoms with Crippen LogP contribution in [0.25, 0.3) is 0 Å². The Bertz CT molecular complexity index is 257. The topological polar surface area (TPSA) is 66.8 Å². The van der Waals surface area contributed by atoms with Crippen LogP contribution in [0.15, 0.2) is 30.3 Å². The molecular weight excluding hydrogens is 160 g/mol. The van der Waals surface area contributed by atoms with Crippen molar-refractivity contribution in [2.75, 3.05) is 0 Å². The van der Waals surface area contributed by atoms with Crippen molar-refractivity contribution in [3.05, 3.63) is 35.9 Å². The Balaban J connectivity index is 2.65. The largest absolute Gasteiger partial charge is 0.508 e. The van der Waals surface area contributed by atoms with Gasteiger partial charge >= 0.3 is 6.16 Å². The van der Waals surface area contributed by atoms with Crippen LogP contribution in [0.5, 0.6) is 0 Å². The minimum atomic E-state index is -1.49. The summed E-state index contributed by atoms with van der Waals surface area (Å²) in [4.78, 5) is 10.0. The molecule has 4 heteroatoms. The molecule has 0 fully saturated rings. The standard InChI is InChI=1S/C8H8O4/c9-7(12-8(10)11)6-4-2-1-3-5-6/h1-5,7,9H,(H,10,11). The van der Waals surface area contributed by atoms with Gasteiger partial charge < -0.3 is 14.9 Å². The highest BCUT2D eigenvalue weighted by Gasteiger charge is 2.10. The Morgan fingerprint density at radius 1 is 1.33 bits per heavy atom. The van der Waals surface area contributed by atoms with Gasteiger partial charge in [0.1, 0.15) is 0 Å². The summed E-state index contributed by atoms with van der Waals surface area (Å²) in [6, 6.07) is 8.28. The van der Waals surface area contributed by atoms with Gasteiger partial charge in [-0.2, -0.15) is 0 Å². The van der Waals surface area contributed by atoms with E-state index in [9.17, 15) is 4.79 Å². The van der Waals surface area contributed by atoms with Gasteiger partial charge in [-0.15, -0.1) is 0 Å².